The summed E-state index contributed by atoms with van der Waals surface area (Å²) in [6, 6.07) is 2.92. The molecule has 3 atom stereocenters. The average Bonchev–Trinajstić information content (AvgIpc) is 3.24. The molecule has 3 unspecified atom stereocenters. The fourth-order valence-electron chi connectivity index (χ4n) is 4.76. The Hall–Kier alpha value is -2.65. The monoisotopic (exact) mass is 460 g/mol. The van der Waals surface area contributed by atoms with Crippen molar-refractivity contribution in [3.63, 3.8) is 0 Å². The van der Waals surface area contributed by atoms with E-state index >= 15 is 0 Å². The van der Waals surface area contributed by atoms with Crippen molar-refractivity contribution in [1.29, 1.82) is 0 Å². The standard InChI is InChI=1S/C24H32N2O7/c1-4-7-21-25-17(14-32-22-8-5-6-11-31-22)24(33-21)23-16-13-20(30-3)19(29-2)12-15(16)9-10-18(23)26(27)28/h12-13,18,22-23H,4-11,14H2,1-3H3. The van der Waals surface area contributed by atoms with Crippen LogP contribution in [0.5, 0.6) is 11.5 Å². The van der Waals surface area contributed by atoms with Crippen molar-refractivity contribution in [3.8, 4) is 11.5 Å². The van der Waals surface area contributed by atoms with Crippen LogP contribution in [0.15, 0.2) is 16.5 Å². The second kappa shape index (κ2) is 10.5. The minimum atomic E-state index is -0.831. The maximum atomic E-state index is 12.1. The number of rotatable bonds is 9. The van der Waals surface area contributed by atoms with Crippen molar-refractivity contribution >= 4 is 0 Å². The Morgan fingerprint density at radius 1 is 1.18 bits per heavy atom. The lowest BCUT2D eigenvalue weighted by molar-refractivity contribution is -0.527. The molecule has 1 aromatic heterocycles. The van der Waals surface area contributed by atoms with E-state index < -0.39 is 12.0 Å². The van der Waals surface area contributed by atoms with Crippen LogP contribution in [0.3, 0.4) is 0 Å². The summed E-state index contributed by atoms with van der Waals surface area (Å²) in [6.07, 6.45) is 5.12. The third kappa shape index (κ3) is 4.99. The van der Waals surface area contributed by atoms with Crippen molar-refractivity contribution in [2.24, 2.45) is 0 Å². The molecule has 9 heteroatoms. The van der Waals surface area contributed by atoms with Gasteiger partial charge in [0, 0.05) is 24.4 Å². The predicted molar refractivity (Wildman–Crippen MR) is 119 cm³/mol. The molecule has 0 N–H and O–H groups in total. The highest BCUT2D eigenvalue weighted by Gasteiger charge is 2.43. The highest BCUT2D eigenvalue weighted by atomic mass is 16.7. The van der Waals surface area contributed by atoms with Crippen molar-refractivity contribution < 1.29 is 28.3 Å². The van der Waals surface area contributed by atoms with E-state index in [1.807, 2.05) is 19.1 Å². The minimum Gasteiger partial charge on any atom is -0.493 e. The van der Waals surface area contributed by atoms with Crippen molar-refractivity contribution in [1.82, 2.24) is 4.98 Å². The lowest BCUT2D eigenvalue weighted by atomic mass is 9.77. The van der Waals surface area contributed by atoms with E-state index in [1.54, 1.807) is 14.2 Å². The first-order chi connectivity index (χ1) is 16.0. The molecule has 0 bridgehead atoms. The SMILES string of the molecule is CCCc1nc(COC2CCCCO2)c(C2c3cc(OC)c(OC)cc3CCC2[N+](=O)[O-])o1. The normalized spacial score (nSPS) is 22.6. The van der Waals surface area contributed by atoms with E-state index in [0.29, 0.717) is 54.7 Å². The van der Waals surface area contributed by atoms with Crippen LogP contribution in [-0.2, 0) is 28.9 Å². The number of hydrogen-bond acceptors (Lipinski definition) is 8. The summed E-state index contributed by atoms with van der Waals surface area (Å²) in [6.45, 7) is 2.91. The minimum absolute atomic E-state index is 0.191. The molecule has 0 radical (unpaired) electrons. The van der Waals surface area contributed by atoms with Gasteiger partial charge >= 0.3 is 0 Å². The highest BCUT2D eigenvalue weighted by molar-refractivity contribution is 5.52. The van der Waals surface area contributed by atoms with Crippen LogP contribution in [0.2, 0.25) is 0 Å². The lowest BCUT2D eigenvalue weighted by Crippen LogP contribution is -2.33. The first kappa shape index (κ1) is 23.5. The zero-order valence-corrected chi connectivity index (χ0v) is 19.5. The summed E-state index contributed by atoms with van der Waals surface area (Å²) in [5, 5.41) is 12.1. The zero-order valence-electron chi connectivity index (χ0n) is 19.5. The summed E-state index contributed by atoms with van der Waals surface area (Å²) in [5.41, 5.74) is 2.41. The summed E-state index contributed by atoms with van der Waals surface area (Å²) in [7, 11) is 3.14. The first-order valence-corrected chi connectivity index (χ1v) is 11.7. The van der Waals surface area contributed by atoms with Crippen LogP contribution in [0.4, 0.5) is 0 Å². The van der Waals surface area contributed by atoms with Gasteiger partial charge in [-0.1, -0.05) is 6.92 Å². The number of aromatic nitrogens is 1. The van der Waals surface area contributed by atoms with Crippen LogP contribution in [-0.4, -0.2) is 43.1 Å². The number of ether oxygens (including phenoxy) is 4. The molecule has 0 saturated carbocycles. The van der Waals surface area contributed by atoms with Crippen LogP contribution in [0.1, 0.15) is 73.4 Å². The van der Waals surface area contributed by atoms with Crippen LogP contribution in [0, 0.1) is 10.1 Å². The summed E-state index contributed by atoms with van der Waals surface area (Å²) < 4.78 is 28.8. The van der Waals surface area contributed by atoms with E-state index in [0.717, 1.165) is 36.8 Å². The second-order valence-electron chi connectivity index (χ2n) is 8.55. The molecule has 2 aromatic rings. The molecular weight excluding hydrogens is 428 g/mol. The largest absolute Gasteiger partial charge is 0.493 e. The van der Waals surface area contributed by atoms with Gasteiger partial charge in [0.25, 0.3) is 0 Å². The van der Waals surface area contributed by atoms with Gasteiger partial charge in [0.2, 0.25) is 6.04 Å². The fourth-order valence-corrected chi connectivity index (χ4v) is 4.76. The molecule has 1 fully saturated rings. The lowest BCUT2D eigenvalue weighted by Gasteiger charge is -2.28. The van der Waals surface area contributed by atoms with Crippen molar-refractivity contribution in [3.05, 3.63) is 50.7 Å². The number of oxazole rings is 1. The average molecular weight is 461 g/mol. The van der Waals surface area contributed by atoms with E-state index in [9.17, 15) is 10.1 Å². The Kier molecular flexibility index (Phi) is 7.49. The topological polar surface area (TPSA) is 106 Å². The molecule has 33 heavy (non-hydrogen) atoms. The Labute approximate surface area is 193 Å². The smallest absolute Gasteiger partial charge is 0.227 e. The summed E-state index contributed by atoms with van der Waals surface area (Å²) in [4.78, 5) is 16.6. The Morgan fingerprint density at radius 2 is 1.97 bits per heavy atom. The zero-order chi connectivity index (χ0) is 23.4. The van der Waals surface area contributed by atoms with Gasteiger partial charge in [-0.25, -0.2) is 4.98 Å². The van der Waals surface area contributed by atoms with Gasteiger partial charge in [-0.05, 0) is 55.4 Å². The number of hydrogen-bond donors (Lipinski definition) is 0. The van der Waals surface area contributed by atoms with E-state index in [2.05, 4.69) is 4.98 Å². The fraction of sp³-hybridized carbons (Fsp3) is 0.625. The number of benzene rings is 1. The van der Waals surface area contributed by atoms with Gasteiger partial charge in [0.15, 0.2) is 23.7 Å². The molecule has 2 aliphatic rings. The Balaban J connectivity index is 1.75. The molecule has 9 nitrogen and oxygen atoms in total. The summed E-state index contributed by atoms with van der Waals surface area (Å²) >= 11 is 0. The number of aryl methyl sites for hydroxylation is 2. The van der Waals surface area contributed by atoms with Gasteiger partial charge in [-0.2, -0.15) is 0 Å². The predicted octanol–water partition coefficient (Wildman–Crippen LogP) is 4.41. The van der Waals surface area contributed by atoms with Gasteiger partial charge in [0.05, 0.1) is 20.8 Å². The van der Waals surface area contributed by atoms with E-state index in [-0.39, 0.29) is 17.8 Å². The molecule has 1 aromatic carbocycles. The maximum Gasteiger partial charge on any atom is 0.227 e. The number of nitrogens with zero attached hydrogens (tertiary/aromatic N) is 2. The van der Waals surface area contributed by atoms with E-state index in [4.69, 9.17) is 23.4 Å². The van der Waals surface area contributed by atoms with Gasteiger partial charge in [0.1, 0.15) is 17.4 Å². The third-order valence-electron chi connectivity index (χ3n) is 6.41. The van der Waals surface area contributed by atoms with Crippen molar-refractivity contribution in [2.75, 3.05) is 20.8 Å². The highest BCUT2D eigenvalue weighted by Crippen LogP contribution is 2.44. The molecule has 4 rings (SSSR count). The molecule has 180 valence electrons. The van der Waals surface area contributed by atoms with Crippen molar-refractivity contribution in [2.45, 2.75) is 76.7 Å². The first-order valence-electron chi connectivity index (χ1n) is 11.7. The van der Waals surface area contributed by atoms with Gasteiger partial charge < -0.3 is 23.4 Å². The van der Waals surface area contributed by atoms with Crippen LogP contribution < -0.4 is 9.47 Å². The molecule has 2 heterocycles. The molecule has 1 aliphatic heterocycles. The number of nitro groups is 1. The number of fused-ring (bicyclic) bond motifs is 1. The van der Waals surface area contributed by atoms with Gasteiger partial charge in [-0.3, -0.25) is 10.1 Å². The Bertz CT molecular complexity index is 968. The molecule has 0 amide bonds. The van der Waals surface area contributed by atoms with E-state index in [1.165, 1.54) is 0 Å². The van der Waals surface area contributed by atoms with Crippen LogP contribution >= 0.6 is 0 Å². The third-order valence-corrected chi connectivity index (χ3v) is 6.41. The quantitative estimate of drug-likeness (QED) is 0.400. The summed E-state index contributed by atoms with van der Waals surface area (Å²) in [5.74, 6) is 1.63. The maximum absolute atomic E-state index is 12.1. The number of methoxy groups -OCH3 is 2. The van der Waals surface area contributed by atoms with Gasteiger partial charge in [-0.15, -0.1) is 0 Å². The van der Waals surface area contributed by atoms with Crippen LogP contribution in [0.25, 0.3) is 0 Å². The molecular formula is C24H32N2O7. The molecule has 1 saturated heterocycles. The molecule has 0 spiro atoms. The molecule has 1 aliphatic carbocycles. The second-order valence-corrected chi connectivity index (χ2v) is 8.55. The Morgan fingerprint density at radius 3 is 2.64 bits per heavy atom.